The molecule has 0 unspecified atom stereocenters. The van der Waals surface area contributed by atoms with Crippen LogP contribution in [0.3, 0.4) is 0 Å². The number of carbonyl (C=O) groups is 1. The Balaban J connectivity index is 2.57. The van der Waals surface area contributed by atoms with E-state index in [1.807, 2.05) is 0 Å². The molecule has 0 atom stereocenters. The largest absolute Gasteiger partial charge is 0.461 e. The van der Waals surface area contributed by atoms with Crippen LogP contribution in [0.2, 0.25) is 0 Å². The first-order valence-corrected chi connectivity index (χ1v) is 5.14. The van der Waals surface area contributed by atoms with Crippen molar-refractivity contribution < 1.29 is 22.4 Å². The van der Waals surface area contributed by atoms with Crippen LogP contribution in [0.15, 0.2) is 34.7 Å². The Morgan fingerprint density at radius 2 is 1.89 bits per heavy atom. The summed E-state index contributed by atoms with van der Waals surface area (Å²) >= 11 is 0. The zero-order chi connectivity index (χ0) is 13.3. The topological polar surface area (TPSA) is 30.2 Å². The summed E-state index contributed by atoms with van der Waals surface area (Å²) < 4.78 is 43.2. The van der Waals surface area contributed by atoms with Crippen LogP contribution in [0, 0.1) is 6.92 Å². The molecule has 0 saturated heterocycles. The van der Waals surface area contributed by atoms with E-state index in [0.29, 0.717) is 17.8 Å². The van der Waals surface area contributed by atoms with Crippen LogP contribution in [-0.4, -0.2) is 6.29 Å². The van der Waals surface area contributed by atoms with Crippen LogP contribution in [-0.2, 0) is 6.18 Å². The number of halogens is 3. The Morgan fingerprint density at radius 1 is 1.17 bits per heavy atom. The van der Waals surface area contributed by atoms with Gasteiger partial charge in [0.2, 0.25) is 0 Å². The number of carbonyl (C=O) groups excluding carboxylic acids is 1. The molecule has 94 valence electrons. The number of hydrogen-bond acceptors (Lipinski definition) is 2. The minimum absolute atomic E-state index is 0.0334. The van der Waals surface area contributed by atoms with Crippen LogP contribution in [0.1, 0.15) is 21.7 Å². The second-order valence-corrected chi connectivity index (χ2v) is 3.87. The van der Waals surface area contributed by atoms with E-state index in [9.17, 15) is 18.0 Å². The second-order valence-electron chi connectivity index (χ2n) is 3.87. The number of furan rings is 1. The van der Waals surface area contributed by atoms with Gasteiger partial charge in [0.25, 0.3) is 0 Å². The lowest BCUT2D eigenvalue weighted by Crippen LogP contribution is -2.05. The quantitative estimate of drug-likeness (QED) is 0.755. The lowest BCUT2D eigenvalue weighted by molar-refractivity contribution is -0.137. The molecule has 2 aromatic rings. The number of benzene rings is 1. The maximum Gasteiger partial charge on any atom is 0.416 e. The first-order valence-electron chi connectivity index (χ1n) is 5.14. The molecule has 2 nitrogen and oxygen atoms in total. The molecule has 0 saturated carbocycles. The number of aryl methyl sites for hydroxylation is 1. The van der Waals surface area contributed by atoms with Gasteiger partial charge in [0.15, 0.2) is 0 Å². The van der Waals surface area contributed by atoms with Gasteiger partial charge in [-0.1, -0.05) is 0 Å². The fourth-order valence-corrected chi connectivity index (χ4v) is 1.62. The standard InChI is InChI=1S/C13H9F3O2/c1-8-2-3-12(18-8)10-4-9(7-17)5-11(6-10)13(14,15)16/h2-7H,1H3. The van der Waals surface area contributed by atoms with Gasteiger partial charge in [0.1, 0.15) is 17.8 Å². The number of hydrogen-bond donors (Lipinski definition) is 0. The van der Waals surface area contributed by atoms with Gasteiger partial charge in [-0.25, -0.2) is 0 Å². The molecule has 1 heterocycles. The summed E-state index contributed by atoms with van der Waals surface area (Å²) in [5.74, 6) is 0.900. The van der Waals surface area contributed by atoms with Crippen molar-refractivity contribution >= 4 is 6.29 Å². The third kappa shape index (κ3) is 2.45. The Hall–Kier alpha value is -2.04. The Bertz CT molecular complexity index is 582. The molecule has 0 aliphatic carbocycles. The van der Waals surface area contributed by atoms with Crippen LogP contribution in [0.25, 0.3) is 11.3 Å². The minimum atomic E-state index is -4.49. The highest BCUT2D eigenvalue weighted by Crippen LogP contribution is 2.33. The molecule has 1 aromatic heterocycles. The molecule has 0 N–H and O–H groups in total. The number of rotatable bonds is 2. The first-order chi connectivity index (χ1) is 8.40. The zero-order valence-corrected chi connectivity index (χ0v) is 9.41. The first kappa shape index (κ1) is 12.4. The van der Waals surface area contributed by atoms with E-state index in [2.05, 4.69) is 0 Å². The molecular weight excluding hydrogens is 245 g/mol. The van der Waals surface area contributed by atoms with Crippen LogP contribution >= 0.6 is 0 Å². The van der Waals surface area contributed by atoms with Gasteiger partial charge < -0.3 is 4.42 Å². The van der Waals surface area contributed by atoms with Crippen LogP contribution in [0.5, 0.6) is 0 Å². The normalized spacial score (nSPS) is 11.6. The average molecular weight is 254 g/mol. The molecular formula is C13H9F3O2. The molecule has 0 bridgehead atoms. The fourth-order valence-electron chi connectivity index (χ4n) is 1.62. The van der Waals surface area contributed by atoms with Crippen LogP contribution in [0.4, 0.5) is 13.2 Å². The van der Waals surface area contributed by atoms with Gasteiger partial charge >= 0.3 is 6.18 Å². The lowest BCUT2D eigenvalue weighted by Gasteiger charge is -2.09. The SMILES string of the molecule is Cc1ccc(-c2cc(C=O)cc(C(F)(F)F)c2)o1. The number of aldehydes is 1. The third-order valence-corrected chi connectivity index (χ3v) is 2.44. The molecule has 0 aliphatic rings. The van der Waals surface area contributed by atoms with Gasteiger partial charge in [0.05, 0.1) is 5.56 Å². The summed E-state index contributed by atoms with van der Waals surface area (Å²) in [4.78, 5) is 10.7. The van der Waals surface area contributed by atoms with E-state index >= 15 is 0 Å². The minimum Gasteiger partial charge on any atom is -0.461 e. The van der Waals surface area contributed by atoms with Gasteiger partial charge in [-0.05, 0) is 37.3 Å². The summed E-state index contributed by atoms with van der Waals surface area (Å²) in [6.45, 7) is 1.69. The van der Waals surface area contributed by atoms with Gasteiger partial charge in [-0.2, -0.15) is 13.2 Å². The fraction of sp³-hybridized carbons (Fsp3) is 0.154. The van der Waals surface area contributed by atoms with E-state index in [1.165, 1.54) is 6.07 Å². The predicted molar refractivity (Wildman–Crippen MR) is 59.3 cm³/mol. The monoisotopic (exact) mass is 254 g/mol. The predicted octanol–water partition coefficient (Wildman–Crippen LogP) is 4.09. The van der Waals surface area contributed by atoms with E-state index < -0.39 is 11.7 Å². The molecule has 0 spiro atoms. The van der Waals surface area contributed by atoms with Gasteiger partial charge in [0, 0.05) is 11.1 Å². The Kier molecular flexibility index (Phi) is 2.98. The lowest BCUT2D eigenvalue weighted by atomic mass is 10.0. The molecule has 2 rings (SSSR count). The van der Waals surface area contributed by atoms with Crippen molar-refractivity contribution in [2.75, 3.05) is 0 Å². The summed E-state index contributed by atoms with van der Waals surface area (Å²) in [6.07, 6.45) is -4.11. The van der Waals surface area contributed by atoms with Crippen molar-refractivity contribution in [2.45, 2.75) is 13.1 Å². The smallest absolute Gasteiger partial charge is 0.416 e. The van der Waals surface area contributed by atoms with Crippen molar-refractivity contribution in [1.82, 2.24) is 0 Å². The van der Waals surface area contributed by atoms with Gasteiger partial charge in [-0.3, -0.25) is 4.79 Å². The van der Waals surface area contributed by atoms with Crippen molar-refractivity contribution in [3.8, 4) is 11.3 Å². The molecule has 5 heteroatoms. The van der Waals surface area contributed by atoms with E-state index in [4.69, 9.17) is 4.42 Å². The maximum absolute atomic E-state index is 12.7. The highest BCUT2D eigenvalue weighted by Gasteiger charge is 2.31. The maximum atomic E-state index is 12.7. The van der Waals surface area contributed by atoms with Gasteiger partial charge in [-0.15, -0.1) is 0 Å². The average Bonchev–Trinajstić information content (AvgIpc) is 2.74. The van der Waals surface area contributed by atoms with E-state index in [1.54, 1.807) is 19.1 Å². The third-order valence-electron chi connectivity index (χ3n) is 2.44. The zero-order valence-electron chi connectivity index (χ0n) is 9.41. The molecule has 1 aromatic carbocycles. The number of alkyl halides is 3. The van der Waals surface area contributed by atoms with E-state index in [0.717, 1.165) is 12.1 Å². The van der Waals surface area contributed by atoms with Crippen molar-refractivity contribution in [1.29, 1.82) is 0 Å². The summed E-state index contributed by atoms with van der Waals surface area (Å²) in [7, 11) is 0. The van der Waals surface area contributed by atoms with Crippen molar-refractivity contribution in [3.05, 3.63) is 47.2 Å². The summed E-state index contributed by atoms with van der Waals surface area (Å²) in [5.41, 5.74) is -0.662. The summed E-state index contributed by atoms with van der Waals surface area (Å²) in [5, 5.41) is 0. The molecule has 0 fully saturated rings. The molecule has 0 amide bonds. The van der Waals surface area contributed by atoms with Crippen molar-refractivity contribution in [3.63, 3.8) is 0 Å². The van der Waals surface area contributed by atoms with Crippen LogP contribution < -0.4 is 0 Å². The van der Waals surface area contributed by atoms with Crippen molar-refractivity contribution in [2.24, 2.45) is 0 Å². The highest BCUT2D eigenvalue weighted by molar-refractivity contribution is 5.78. The van der Waals surface area contributed by atoms with E-state index in [-0.39, 0.29) is 11.1 Å². The second kappa shape index (κ2) is 4.33. The molecule has 0 aliphatic heterocycles. The Labute approximate surface area is 101 Å². The highest BCUT2D eigenvalue weighted by atomic mass is 19.4. The molecule has 0 radical (unpaired) electrons. The Morgan fingerprint density at radius 3 is 2.39 bits per heavy atom. The summed E-state index contributed by atoms with van der Waals surface area (Å²) in [6, 6.07) is 6.35. The molecule has 18 heavy (non-hydrogen) atoms.